The molecule has 0 aromatic heterocycles. The van der Waals surface area contributed by atoms with E-state index in [1.165, 1.54) is 12.1 Å². The molecule has 392 valence electrons. The Morgan fingerprint density at radius 1 is 0.527 bits per heavy atom. The molecule has 0 fully saturated rings. The fraction of sp³-hybridized carbons (Fsp3) is 0.344. The number of carboxylic acids is 1. The highest BCUT2D eigenvalue weighted by atomic mass is 19.1. The number of benzene rings is 6. The second kappa shape index (κ2) is 27.2. The lowest BCUT2D eigenvalue weighted by Gasteiger charge is -2.24. The van der Waals surface area contributed by atoms with Gasteiger partial charge in [0.25, 0.3) is 0 Å². The molecule has 0 aliphatic heterocycles. The molecule has 2 atom stereocenters. The third-order valence-electron chi connectivity index (χ3n) is 12.4. The van der Waals surface area contributed by atoms with E-state index in [1.807, 2.05) is 105 Å². The van der Waals surface area contributed by atoms with E-state index in [1.54, 1.807) is 38.5 Å². The highest BCUT2D eigenvalue weighted by Gasteiger charge is 2.24. The van der Waals surface area contributed by atoms with Crippen LogP contribution in [0.5, 0.6) is 23.0 Å². The standard InChI is InChI=1S/C33H39FO4.C31H35FO4/c1-7-9-10-25(20-32(35)37-8-2)24-12-14-26(15-13-24)38-22-23-11-17-30(33(3,4)5)28(19-23)29-21-27(36-6)16-18-31(29)34;1-6-7-8-23(18-30(33)34)22-10-12-24(13-11-22)36-20-21-9-15-28(31(2,3)4)26(17-21)27-19-25(35-5)14-16-29(27)32/h9-19,21,25H,7-8,20,22H2,1-6H3;7-17,19,23H,6,18,20H2,1-5H3,(H,33,34)/b10-9+;8-7+/t25-;23-/m11/s1. The average Bonchev–Trinajstić information content (AvgIpc) is 3.37. The average molecular weight is 1010 g/mol. The monoisotopic (exact) mass is 1010 g/mol. The van der Waals surface area contributed by atoms with Crippen LogP contribution >= 0.6 is 0 Å². The van der Waals surface area contributed by atoms with Crippen LogP contribution in [0.2, 0.25) is 0 Å². The number of esters is 1. The first-order chi connectivity index (χ1) is 35.3. The van der Waals surface area contributed by atoms with Crippen LogP contribution in [-0.4, -0.2) is 37.9 Å². The summed E-state index contributed by atoms with van der Waals surface area (Å²) in [7, 11) is 3.15. The van der Waals surface area contributed by atoms with Gasteiger partial charge in [0.2, 0.25) is 0 Å². The Bertz CT molecular complexity index is 2830. The van der Waals surface area contributed by atoms with Gasteiger partial charge in [0, 0.05) is 23.0 Å². The van der Waals surface area contributed by atoms with Gasteiger partial charge in [-0.05, 0) is 148 Å². The molecular formula is C64H74F2O8. The Kier molecular flexibility index (Phi) is 21.2. The van der Waals surface area contributed by atoms with Crippen LogP contribution in [-0.2, 0) is 38.4 Å². The van der Waals surface area contributed by atoms with Crippen molar-refractivity contribution in [3.63, 3.8) is 0 Å². The van der Waals surface area contributed by atoms with E-state index >= 15 is 0 Å². The number of allylic oxidation sites excluding steroid dienone is 4. The molecule has 1 N–H and O–H groups in total. The van der Waals surface area contributed by atoms with Gasteiger partial charge in [-0.2, -0.15) is 0 Å². The first kappa shape index (κ1) is 57.7. The second-order valence-electron chi connectivity index (χ2n) is 20.2. The highest BCUT2D eigenvalue weighted by molar-refractivity contribution is 5.73. The van der Waals surface area contributed by atoms with Gasteiger partial charge >= 0.3 is 11.9 Å². The molecule has 10 heteroatoms. The predicted molar refractivity (Wildman–Crippen MR) is 294 cm³/mol. The molecule has 0 heterocycles. The Balaban J connectivity index is 0.000000274. The minimum atomic E-state index is -0.830. The van der Waals surface area contributed by atoms with E-state index in [4.69, 9.17) is 23.7 Å². The smallest absolute Gasteiger partial charge is 0.306 e. The van der Waals surface area contributed by atoms with Crippen LogP contribution in [0, 0.1) is 11.6 Å². The zero-order valence-electron chi connectivity index (χ0n) is 45.0. The van der Waals surface area contributed by atoms with Crippen LogP contribution in [0.1, 0.15) is 133 Å². The van der Waals surface area contributed by atoms with Crippen LogP contribution in [0.3, 0.4) is 0 Å². The van der Waals surface area contributed by atoms with Gasteiger partial charge in [0.05, 0.1) is 33.7 Å². The molecule has 6 rings (SSSR count). The molecule has 6 aromatic rings. The van der Waals surface area contributed by atoms with E-state index < -0.39 is 5.97 Å². The number of carbonyl (C=O) groups excluding carboxylic acids is 1. The lowest BCUT2D eigenvalue weighted by Crippen LogP contribution is -2.13. The molecule has 74 heavy (non-hydrogen) atoms. The minimum Gasteiger partial charge on any atom is -0.497 e. The number of carbonyl (C=O) groups is 2. The molecule has 0 unspecified atom stereocenters. The quantitative estimate of drug-likeness (QED) is 0.0562. The van der Waals surface area contributed by atoms with Crippen molar-refractivity contribution >= 4 is 11.9 Å². The van der Waals surface area contributed by atoms with Crippen molar-refractivity contribution in [2.45, 2.75) is 124 Å². The van der Waals surface area contributed by atoms with Crippen molar-refractivity contribution in [1.82, 2.24) is 0 Å². The van der Waals surface area contributed by atoms with Gasteiger partial charge in [0.1, 0.15) is 47.8 Å². The molecular weight excluding hydrogens is 935 g/mol. The van der Waals surface area contributed by atoms with Gasteiger partial charge in [0.15, 0.2) is 0 Å². The van der Waals surface area contributed by atoms with E-state index in [-0.39, 0.29) is 46.7 Å². The zero-order chi connectivity index (χ0) is 54.0. The van der Waals surface area contributed by atoms with E-state index in [0.29, 0.717) is 54.6 Å². The third-order valence-corrected chi connectivity index (χ3v) is 12.4. The SMILES string of the molecule is CC/C=C/[C@H](CC(=O)O)c1ccc(OCc2ccc(C(C)(C)C)c(-c3cc(OC)ccc3F)c2)cc1.CC/C=C/[C@H](CC(=O)OCC)c1ccc(OCc2ccc(C(C)(C)C)c(-c3cc(OC)ccc3F)c2)cc1. The Labute approximate surface area is 438 Å². The Hall–Kier alpha value is -7.20. The molecule has 0 bridgehead atoms. The molecule has 0 spiro atoms. The topological polar surface area (TPSA) is 101 Å². The molecule has 8 nitrogen and oxygen atoms in total. The minimum absolute atomic E-state index is 0.0421. The summed E-state index contributed by atoms with van der Waals surface area (Å²) in [4.78, 5) is 23.3. The van der Waals surface area contributed by atoms with E-state index in [0.717, 1.165) is 63.1 Å². The number of halogens is 2. The van der Waals surface area contributed by atoms with Crippen molar-refractivity contribution in [1.29, 1.82) is 0 Å². The summed E-state index contributed by atoms with van der Waals surface area (Å²) in [6.07, 6.45) is 10.2. The number of hydrogen-bond acceptors (Lipinski definition) is 7. The molecule has 0 aliphatic rings. The lowest BCUT2D eigenvalue weighted by molar-refractivity contribution is -0.143. The number of aliphatic carboxylic acids is 1. The second-order valence-corrected chi connectivity index (χ2v) is 20.2. The largest absolute Gasteiger partial charge is 0.497 e. The first-order valence-electron chi connectivity index (χ1n) is 25.4. The van der Waals surface area contributed by atoms with Crippen molar-refractivity contribution in [3.8, 4) is 45.3 Å². The summed E-state index contributed by atoms with van der Waals surface area (Å²) >= 11 is 0. The number of rotatable bonds is 21. The number of carboxylic acid groups (broad SMARTS) is 1. The third kappa shape index (κ3) is 16.7. The van der Waals surface area contributed by atoms with Crippen LogP contribution in [0.4, 0.5) is 8.78 Å². The summed E-state index contributed by atoms with van der Waals surface area (Å²) in [5.74, 6) is 0.751. The maximum Gasteiger partial charge on any atom is 0.306 e. The molecule has 6 aromatic carbocycles. The van der Waals surface area contributed by atoms with Gasteiger partial charge in [-0.1, -0.05) is 128 Å². The van der Waals surface area contributed by atoms with Crippen molar-refractivity contribution in [3.05, 3.63) is 191 Å². The van der Waals surface area contributed by atoms with Crippen molar-refractivity contribution < 1.29 is 47.2 Å². The van der Waals surface area contributed by atoms with E-state index in [9.17, 15) is 23.5 Å². The number of methoxy groups -OCH3 is 2. The fourth-order valence-electron chi connectivity index (χ4n) is 8.53. The number of ether oxygens (including phenoxy) is 5. The van der Waals surface area contributed by atoms with Gasteiger partial charge in [-0.15, -0.1) is 0 Å². The van der Waals surface area contributed by atoms with Gasteiger partial charge in [-0.3, -0.25) is 9.59 Å². The Morgan fingerprint density at radius 2 is 0.919 bits per heavy atom. The van der Waals surface area contributed by atoms with Crippen LogP contribution in [0.25, 0.3) is 22.3 Å². The normalized spacial score (nSPS) is 12.4. The van der Waals surface area contributed by atoms with Gasteiger partial charge in [-0.25, -0.2) is 8.78 Å². The number of hydrogen-bond donors (Lipinski definition) is 1. The van der Waals surface area contributed by atoms with Crippen molar-refractivity contribution in [2.75, 3.05) is 20.8 Å². The summed E-state index contributed by atoms with van der Waals surface area (Å²) in [6.45, 7) is 19.6. The summed E-state index contributed by atoms with van der Waals surface area (Å²) < 4.78 is 57.8. The predicted octanol–water partition coefficient (Wildman–Crippen LogP) is 16.3. The van der Waals surface area contributed by atoms with Crippen LogP contribution < -0.4 is 18.9 Å². The molecule has 0 radical (unpaired) electrons. The molecule has 0 saturated heterocycles. The Morgan fingerprint density at radius 3 is 1.27 bits per heavy atom. The summed E-state index contributed by atoms with van der Waals surface area (Å²) in [5, 5.41) is 9.24. The molecule has 0 aliphatic carbocycles. The summed E-state index contributed by atoms with van der Waals surface area (Å²) in [6, 6.07) is 37.0. The lowest BCUT2D eigenvalue weighted by atomic mass is 9.81. The van der Waals surface area contributed by atoms with Crippen molar-refractivity contribution in [2.24, 2.45) is 0 Å². The molecule has 0 amide bonds. The zero-order valence-corrected chi connectivity index (χ0v) is 45.0. The first-order valence-corrected chi connectivity index (χ1v) is 25.4. The van der Waals surface area contributed by atoms with Crippen LogP contribution in [0.15, 0.2) is 146 Å². The summed E-state index contributed by atoms with van der Waals surface area (Å²) in [5.41, 5.74) is 8.18. The van der Waals surface area contributed by atoms with Gasteiger partial charge < -0.3 is 28.8 Å². The highest BCUT2D eigenvalue weighted by Crippen LogP contribution is 2.39. The van der Waals surface area contributed by atoms with E-state index in [2.05, 4.69) is 66.7 Å². The fourth-order valence-corrected chi connectivity index (χ4v) is 8.53. The maximum atomic E-state index is 14.9. The maximum absolute atomic E-state index is 14.9. The molecule has 0 saturated carbocycles.